The molecular formula is C14H19NO. The standard InChI is InChI=1S/C14H19NO/c1-16-13-4-2-3-11(9-13)14(7-8-14)10-15-12-5-6-12/h2-4,9,12,15H,5-8,10H2,1H3. The molecule has 3 rings (SSSR count). The van der Waals surface area contributed by atoms with Crippen LogP contribution in [-0.4, -0.2) is 19.7 Å². The first-order valence-electron chi connectivity index (χ1n) is 6.20. The average molecular weight is 217 g/mol. The molecule has 0 bridgehead atoms. The molecule has 0 atom stereocenters. The second-order valence-corrected chi connectivity index (χ2v) is 5.17. The molecule has 2 aliphatic rings. The third-order valence-electron chi connectivity index (χ3n) is 3.84. The fourth-order valence-corrected chi connectivity index (χ4v) is 2.30. The highest BCUT2D eigenvalue weighted by molar-refractivity contribution is 5.38. The lowest BCUT2D eigenvalue weighted by atomic mass is 9.95. The van der Waals surface area contributed by atoms with Gasteiger partial charge in [0, 0.05) is 18.0 Å². The van der Waals surface area contributed by atoms with Crippen LogP contribution in [0.15, 0.2) is 24.3 Å². The zero-order valence-electron chi connectivity index (χ0n) is 9.83. The van der Waals surface area contributed by atoms with Gasteiger partial charge >= 0.3 is 0 Å². The maximum Gasteiger partial charge on any atom is 0.119 e. The maximum absolute atomic E-state index is 5.30. The van der Waals surface area contributed by atoms with Crippen LogP contribution in [0.3, 0.4) is 0 Å². The van der Waals surface area contributed by atoms with Gasteiger partial charge in [-0.1, -0.05) is 12.1 Å². The molecular weight excluding hydrogens is 198 g/mol. The molecule has 0 heterocycles. The summed E-state index contributed by atoms with van der Waals surface area (Å²) in [6.45, 7) is 1.14. The third kappa shape index (κ3) is 1.94. The summed E-state index contributed by atoms with van der Waals surface area (Å²) in [5.41, 5.74) is 1.86. The summed E-state index contributed by atoms with van der Waals surface area (Å²) in [7, 11) is 1.74. The van der Waals surface area contributed by atoms with E-state index in [2.05, 4.69) is 23.5 Å². The Balaban J connectivity index is 1.73. The molecule has 86 valence electrons. The van der Waals surface area contributed by atoms with Crippen molar-refractivity contribution in [3.8, 4) is 5.75 Å². The summed E-state index contributed by atoms with van der Waals surface area (Å²) in [6.07, 6.45) is 5.38. The summed E-state index contributed by atoms with van der Waals surface area (Å²) in [4.78, 5) is 0. The molecule has 2 aliphatic carbocycles. The average Bonchev–Trinajstić information content (AvgIpc) is 3.20. The predicted octanol–water partition coefficient (Wildman–Crippen LogP) is 2.48. The molecule has 1 aromatic carbocycles. The van der Waals surface area contributed by atoms with Crippen LogP contribution in [0.25, 0.3) is 0 Å². The van der Waals surface area contributed by atoms with Crippen molar-refractivity contribution in [1.82, 2.24) is 5.32 Å². The van der Waals surface area contributed by atoms with Crippen LogP contribution < -0.4 is 10.1 Å². The minimum Gasteiger partial charge on any atom is -0.497 e. The number of benzene rings is 1. The van der Waals surface area contributed by atoms with E-state index < -0.39 is 0 Å². The molecule has 0 unspecified atom stereocenters. The second-order valence-electron chi connectivity index (χ2n) is 5.17. The molecule has 1 aromatic rings. The van der Waals surface area contributed by atoms with Gasteiger partial charge in [-0.3, -0.25) is 0 Å². The molecule has 1 N–H and O–H groups in total. The SMILES string of the molecule is COc1cccc(C2(CNC3CC3)CC2)c1. The second kappa shape index (κ2) is 3.77. The summed E-state index contributed by atoms with van der Waals surface area (Å²) >= 11 is 0. The molecule has 0 spiro atoms. The number of methoxy groups -OCH3 is 1. The normalized spacial score (nSPS) is 21.8. The Bertz CT molecular complexity index is 380. The van der Waals surface area contributed by atoms with Crippen molar-refractivity contribution in [2.75, 3.05) is 13.7 Å². The topological polar surface area (TPSA) is 21.3 Å². The first kappa shape index (κ1) is 10.2. The molecule has 2 nitrogen and oxygen atoms in total. The number of hydrogen-bond donors (Lipinski definition) is 1. The van der Waals surface area contributed by atoms with Crippen LogP contribution in [0.5, 0.6) is 5.75 Å². The van der Waals surface area contributed by atoms with E-state index in [1.807, 2.05) is 6.07 Å². The fraction of sp³-hybridized carbons (Fsp3) is 0.571. The molecule has 2 fully saturated rings. The molecule has 0 radical (unpaired) electrons. The highest BCUT2D eigenvalue weighted by Crippen LogP contribution is 2.48. The largest absolute Gasteiger partial charge is 0.497 e. The quantitative estimate of drug-likeness (QED) is 0.818. The lowest BCUT2D eigenvalue weighted by Crippen LogP contribution is -2.28. The highest BCUT2D eigenvalue weighted by Gasteiger charge is 2.44. The van der Waals surface area contributed by atoms with Gasteiger partial charge in [0.25, 0.3) is 0 Å². The van der Waals surface area contributed by atoms with Crippen molar-refractivity contribution >= 4 is 0 Å². The van der Waals surface area contributed by atoms with Crippen molar-refractivity contribution < 1.29 is 4.74 Å². The number of ether oxygens (including phenoxy) is 1. The van der Waals surface area contributed by atoms with Gasteiger partial charge in [0.2, 0.25) is 0 Å². The lowest BCUT2D eigenvalue weighted by Gasteiger charge is -2.17. The molecule has 0 aromatic heterocycles. The van der Waals surface area contributed by atoms with Crippen LogP contribution in [0.2, 0.25) is 0 Å². The molecule has 2 saturated carbocycles. The smallest absolute Gasteiger partial charge is 0.119 e. The molecule has 2 heteroatoms. The third-order valence-corrected chi connectivity index (χ3v) is 3.84. The van der Waals surface area contributed by atoms with Crippen molar-refractivity contribution in [2.45, 2.75) is 37.1 Å². The fourth-order valence-electron chi connectivity index (χ4n) is 2.30. The van der Waals surface area contributed by atoms with E-state index in [0.29, 0.717) is 5.41 Å². The monoisotopic (exact) mass is 217 g/mol. The van der Waals surface area contributed by atoms with Crippen LogP contribution >= 0.6 is 0 Å². The first-order valence-corrected chi connectivity index (χ1v) is 6.20. The Kier molecular flexibility index (Phi) is 2.40. The van der Waals surface area contributed by atoms with E-state index in [-0.39, 0.29) is 0 Å². The van der Waals surface area contributed by atoms with E-state index >= 15 is 0 Å². The predicted molar refractivity (Wildman–Crippen MR) is 64.9 cm³/mol. The highest BCUT2D eigenvalue weighted by atomic mass is 16.5. The maximum atomic E-state index is 5.30. The Labute approximate surface area is 97.0 Å². The first-order chi connectivity index (χ1) is 7.82. The zero-order valence-corrected chi connectivity index (χ0v) is 9.83. The number of nitrogens with one attached hydrogen (secondary N) is 1. The van der Waals surface area contributed by atoms with Crippen LogP contribution in [0, 0.1) is 0 Å². The van der Waals surface area contributed by atoms with Crippen molar-refractivity contribution in [3.63, 3.8) is 0 Å². The number of hydrogen-bond acceptors (Lipinski definition) is 2. The van der Waals surface area contributed by atoms with E-state index in [1.165, 1.54) is 31.2 Å². The van der Waals surface area contributed by atoms with Crippen molar-refractivity contribution in [1.29, 1.82) is 0 Å². The van der Waals surface area contributed by atoms with Crippen LogP contribution in [0.1, 0.15) is 31.2 Å². The minimum absolute atomic E-state index is 0.414. The summed E-state index contributed by atoms with van der Waals surface area (Å²) in [5.74, 6) is 0.982. The molecule has 0 amide bonds. The molecule has 0 saturated heterocycles. The zero-order chi connectivity index (χ0) is 11.0. The van der Waals surface area contributed by atoms with Crippen molar-refractivity contribution in [3.05, 3.63) is 29.8 Å². The molecule has 0 aliphatic heterocycles. The van der Waals surface area contributed by atoms with Gasteiger partial charge in [-0.05, 0) is 43.4 Å². The van der Waals surface area contributed by atoms with Gasteiger partial charge < -0.3 is 10.1 Å². The van der Waals surface area contributed by atoms with Gasteiger partial charge in [0.15, 0.2) is 0 Å². The summed E-state index contributed by atoms with van der Waals surface area (Å²) in [6, 6.07) is 9.37. The Morgan fingerprint density at radius 3 is 2.81 bits per heavy atom. The Morgan fingerprint density at radius 2 is 2.19 bits per heavy atom. The molecule has 16 heavy (non-hydrogen) atoms. The minimum atomic E-state index is 0.414. The Hall–Kier alpha value is -1.02. The van der Waals surface area contributed by atoms with E-state index in [0.717, 1.165) is 18.3 Å². The van der Waals surface area contributed by atoms with Crippen LogP contribution in [-0.2, 0) is 5.41 Å². The summed E-state index contributed by atoms with van der Waals surface area (Å²) in [5, 5.41) is 3.65. The Morgan fingerprint density at radius 1 is 1.38 bits per heavy atom. The van der Waals surface area contributed by atoms with Gasteiger partial charge in [0.1, 0.15) is 5.75 Å². The summed E-state index contributed by atoms with van der Waals surface area (Å²) < 4.78 is 5.30. The van der Waals surface area contributed by atoms with E-state index in [9.17, 15) is 0 Å². The van der Waals surface area contributed by atoms with Crippen molar-refractivity contribution in [2.24, 2.45) is 0 Å². The van der Waals surface area contributed by atoms with E-state index in [1.54, 1.807) is 7.11 Å². The van der Waals surface area contributed by atoms with E-state index in [4.69, 9.17) is 4.74 Å². The van der Waals surface area contributed by atoms with Gasteiger partial charge in [-0.15, -0.1) is 0 Å². The van der Waals surface area contributed by atoms with Gasteiger partial charge in [0.05, 0.1) is 7.11 Å². The van der Waals surface area contributed by atoms with Gasteiger partial charge in [-0.2, -0.15) is 0 Å². The van der Waals surface area contributed by atoms with Gasteiger partial charge in [-0.25, -0.2) is 0 Å². The van der Waals surface area contributed by atoms with Crippen LogP contribution in [0.4, 0.5) is 0 Å². The lowest BCUT2D eigenvalue weighted by molar-refractivity contribution is 0.413. The number of rotatable bonds is 5.